The van der Waals surface area contributed by atoms with Crippen LogP contribution in [0.15, 0.2) is 47.5 Å². The lowest BCUT2D eigenvalue weighted by atomic mass is 10.1. The van der Waals surface area contributed by atoms with Gasteiger partial charge in [-0.2, -0.15) is 0 Å². The normalized spacial score (nSPS) is 15.6. The van der Waals surface area contributed by atoms with E-state index in [1.807, 2.05) is 33.6 Å². The van der Waals surface area contributed by atoms with Crippen molar-refractivity contribution in [3.63, 3.8) is 0 Å². The zero-order chi connectivity index (χ0) is 23.0. The maximum Gasteiger partial charge on any atom is 0.244 e. The summed E-state index contributed by atoms with van der Waals surface area (Å²) in [4.78, 5) is 20.8. The van der Waals surface area contributed by atoms with Crippen LogP contribution in [0.25, 0.3) is 16.9 Å². The first-order valence-corrected chi connectivity index (χ1v) is 12.2. The van der Waals surface area contributed by atoms with Crippen molar-refractivity contribution in [2.75, 3.05) is 40.3 Å². The number of sulfonamides is 1. The van der Waals surface area contributed by atoms with E-state index in [4.69, 9.17) is 16.6 Å². The molecule has 0 unspecified atom stereocenters. The highest BCUT2D eigenvalue weighted by atomic mass is 35.5. The van der Waals surface area contributed by atoms with Crippen molar-refractivity contribution in [3.05, 3.63) is 53.3 Å². The molecule has 1 amide bonds. The predicted molar refractivity (Wildman–Crippen MR) is 124 cm³/mol. The minimum Gasteiger partial charge on any atom is -0.340 e. The first-order chi connectivity index (χ1) is 15.2. The Bertz CT molecular complexity index is 1250. The summed E-state index contributed by atoms with van der Waals surface area (Å²) in [5.41, 5.74) is 3.27. The topological polar surface area (TPSA) is 78.2 Å². The maximum absolute atomic E-state index is 12.7. The predicted octanol–water partition coefficient (Wildman–Crippen LogP) is 2.57. The van der Waals surface area contributed by atoms with Gasteiger partial charge >= 0.3 is 0 Å². The molecule has 0 atom stereocenters. The van der Waals surface area contributed by atoms with E-state index < -0.39 is 10.0 Å². The van der Waals surface area contributed by atoms with E-state index in [1.54, 1.807) is 25.3 Å². The van der Waals surface area contributed by atoms with Gasteiger partial charge in [0.05, 0.1) is 16.3 Å². The number of fused-ring (bicyclic) bond motifs is 1. The van der Waals surface area contributed by atoms with Crippen LogP contribution in [0.3, 0.4) is 0 Å². The molecule has 3 aromatic rings. The van der Waals surface area contributed by atoms with Gasteiger partial charge in [0.25, 0.3) is 0 Å². The van der Waals surface area contributed by atoms with E-state index in [-0.39, 0.29) is 10.8 Å². The number of imidazole rings is 1. The first kappa shape index (κ1) is 22.7. The molecule has 1 aromatic carbocycles. The summed E-state index contributed by atoms with van der Waals surface area (Å²) in [6.45, 7) is 4.98. The number of amides is 1. The zero-order valence-electron chi connectivity index (χ0n) is 18.3. The standard InChI is InChI=1S/C22H26ClN5O3S/c1-16(29)27-12-10-26(11-13-27)15-20-22(17-4-6-18(23)7-5-17)24-21-9-8-19(14-28(20)21)32(30,31)25(2)3/h4-9,14H,10-13,15H2,1-3H3. The summed E-state index contributed by atoms with van der Waals surface area (Å²) in [6, 6.07) is 10.8. The SMILES string of the molecule is CC(=O)N1CCN(Cc2c(-c3ccc(Cl)cc3)nc3ccc(S(=O)(=O)N(C)C)cn23)CC1. The quantitative estimate of drug-likeness (QED) is 0.566. The van der Waals surface area contributed by atoms with Crippen LogP contribution in [0.5, 0.6) is 0 Å². The van der Waals surface area contributed by atoms with E-state index in [0.717, 1.165) is 30.0 Å². The van der Waals surface area contributed by atoms with E-state index in [0.29, 0.717) is 30.3 Å². The molecular formula is C22H26ClN5O3S. The number of aromatic nitrogens is 2. The molecule has 0 saturated carbocycles. The van der Waals surface area contributed by atoms with Gasteiger partial charge in [0.2, 0.25) is 15.9 Å². The van der Waals surface area contributed by atoms with Crippen molar-refractivity contribution < 1.29 is 13.2 Å². The minimum absolute atomic E-state index is 0.0832. The van der Waals surface area contributed by atoms with Gasteiger partial charge in [-0.25, -0.2) is 17.7 Å². The van der Waals surface area contributed by atoms with Crippen LogP contribution in [0.4, 0.5) is 0 Å². The molecule has 1 saturated heterocycles. The molecule has 10 heteroatoms. The van der Waals surface area contributed by atoms with E-state index in [1.165, 1.54) is 18.4 Å². The Labute approximate surface area is 193 Å². The Morgan fingerprint density at radius 3 is 2.31 bits per heavy atom. The number of pyridine rings is 1. The smallest absolute Gasteiger partial charge is 0.244 e. The number of hydrogen-bond acceptors (Lipinski definition) is 5. The number of carbonyl (C=O) groups is 1. The van der Waals surface area contributed by atoms with Gasteiger partial charge < -0.3 is 9.30 Å². The molecule has 3 heterocycles. The molecule has 1 fully saturated rings. The highest BCUT2D eigenvalue weighted by molar-refractivity contribution is 7.89. The zero-order valence-corrected chi connectivity index (χ0v) is 19.9. The van der Waals surface area contributed by atoms with Gasteiger partial charge in [-0.15, -0.1) is 0 Å². The van der Waals surface area contributed by atoms with Crippen molar-refractivity contribution in [1.29, 1.82) is 0 Å². The summed E-state index contributed by atoms with van der Waals surface area (Å²) >= 11 is 6.08. The van der Waals surface area contributed by atoms with Crippen LogP contribution in [-0.2, 0) is 21.4 Å². The summed E-state index contributed by atoms with van der Waals surface area (Å²) in [7, 11) is -0.555. The fourth-order valence-electron chi connectivity index (χ4n) is 3.86. The number of piperazine rings is 1. The summed E-state index contributed by atoms with van der Waals surface area (Å²) in [6.07, 6.45) is 1.64. The number of hydrogen-bond donors (Lipinski definition) is 0. The molecule has 8 nitrogen and oxygen atoms in total. The Balaban J connectivity index is 1.78. The molecule has 0 spiro atoms. The van der Waals surface area contributed by atoms with E-state index in [2.05, 4.69) is 4.90 Å². The van der Waals surface area contributed by atoms with Crippen LogP contribution in [0.1, 0.15) is 12.6 Å². The molecular weight excluding hydrogens is 450 g/mol. The van der Waals surface area contributed by atoms with Gasteiger partial charge in [0.1, 0.15) is 5.65 Å². The number of carbonyl (C=O) groups excluding carboxylic acids is 1. The van der Waals surface area contributed by atoms with Crippen LogP contribution >= 0.6 is 11.6 Å². The third-order valence-corrected chi connectivity index (χ3v) is 7.83. The molecule has 0 aliphatic carbocycles. The average molecular weight is 476 g/mol. The largest absolute Gasteiger partial charge is 0.340 e. The third kappa shape index (κ3) is 4.38. The van der Waals surface area contributed by atoms with E-state index in [9.17, 15) is 13.2 Å². The number of benzene rings is 1. The highest BCUT2D eigenvalue weighted by Crippen LogP contribution is 2.28. The van der Waals surface area contributed by atoms with Crippen LogP contribution in [-0.4, -0.2) is 78.1 Å². The number of halogens is 1. The number of rotatable bonds is 5. The van der Waals surface area contributed by atoms with Gasteiger partial charge in [0.15, 0.2) is 0 Å². The Morgan fingerprint density at radius 2 is 1.72 bits per heavy atom. The Kier molecular flexibility index (Phi) is 6.26. The lowest BCUT2D eigenvalue weighted by Crippen LogP contribution is -2.47. The minimum atomic E-state index is -3.59. The summed E-state index contributed by atoms with van der Waals surface area (Å²) in [5.74, 6) is 0.0832. The second kappa shape index (κ2) is 8.82. The molecule has 170 valence electrons. The molecule has 32 heavy (non-hydrogen) atoms. The molecule has 0 bridgehead atoms. The second-order valence-electron chi connectivity index (χ2n) is 8.08. The first-order valence-electron chi connectivity index (χ1n) is 10.3. The van der Waals surface area contributed by atoms with Crippen molar-refractivity contribution in [3.8, 4) is 11.3 Å². The lowest BCUT2D eigenvalue weighted by Gasteiger charge is -2.34. The van der Waals surface area contributed by atoms with Gasteiger partial charge in [-0.1, -0.05) is 23.7 Å². The molecule has 2 aromatic heterocycles. The molecule has 1 aliphatic rings. The van der Waals surface area contributed by atoms with Crippen LogP contribution in [0, 0.1) is 0 Å². The van der Waals surface area contributed by atoms with Crippen LogP contribution < -0.4 is 0 Å². The summed E-state index contributed by atoms with van der Waals surface area (Å²) in [5, 5.41) is 0.638. The van der Waals surface area contributed by atoms with Crippen LogP contribution in [0.2, 0.25) is 5.02 Å². The molecule has 0 N–H and O–H groups in total. The Morgan fingerprint density at radius 1 is 1.06 bits per heavy atom. The molecule has 0 radical (unpaired) electrons. The summed E-state index contributed by atoms with van der Waals surface area (Å²) < 4.78 is 28.5. The monoisotopic (exact) mass is 475 g/mol. The Hall–Kier alpha value is -2.46. The van der Waals surface area contributed by atoms with Crippen molar-refractivity contribution in [1.82, 2.24) is 23.5 Å². The fourth-order valence-corrected chi connectivity index (χ4v) is 4.89. The van der Waals surface area contributed by atoms with Gasteiger partial charge in [-0.3, -0.25) is 9.69 Å². The molecule has 4 rings (SSSR count). The van der Waals surface area contributed by atoms with Crippen molar-refractivity contribution in [2.24, 2.45) is 0 Å². The fraction of sp³-hybridized carbons (Fsp3) is 0.364. The van der Waals surface area contributed by atoms with E-state index >= 15 is 0 Å². The highest BCUT2D eigenvalue weighted by Gasteiger charge is 2.24. The lowest BCUT2D eigenvalue weighted by molar-refractivity contribution is -0.130. The maximum atomic E-state index is 12.7. The average Bonchev–Trinajstić information content (AvgIpc) is 3.12. The van der Waals surface area contributed by atoms with Crippen molar-refractivity contribution in [2.45, 2.75) is 18.4 Å². The second-order valence-corrected chi connectivity index (χ2v) is 10.7. The van der Waals surface area contributed by atoms with Gasteiger partial charge in [-0.05, 0) is 24.3 Å². The third-order valence-electron chi connectivity index (χ3n) is 5.78. The van der Waals surface area contributed by atoms with Gasteiger partial charge in [0, 0.05) is 70.5 Å². The number of nitrogens with zero attached hydrogens (tertiary/aromatic N) is 5. The van der Waals surface area contributed by atoms with Crippen molar-refractivity contribution >= 4 is 33.2 Å². The molecule has 1 aliphatic heterocycles.